The van der Waals surface area contributed by atoms with Gasteiger partial charge in [0.15, 0.2) is 0 Å². The van der Waals surface area contributed by atoms with Crippen molar-refractivity contribution in [3.05, 3.63) is 0 Å². The lowest BCUT2D eigenvalue weighted by Gasteiger charge is -2.38. The molecule has 0 spiro atoms. The van der Waals surface area contributed by atoms with Crippen LogP contribution in [0.25, 0.3) is 0 Å². The highest BCUT2D eigenvalue weighted by atomic mass is 16.6. The summed E-state index contributed by atoms with van der Waals surface area (Å²) < 4.78 is 5.35. The summed E-state index contributed by atoms with van der Waals surface area (Å²) >= 11 is 0. The summed E-state index contributed by atoms with van der Waals surface area (Å²) in [5, 5.41) is 5.36. The molecule has 1 aliphatic heterocycles. The average Bonchev–Trinajstić information content (AvgIpc) is 2.39. The number of nitrogens with zero attached hydrogens (tertiary/aromatic N) is 2. The van der Waals surface area contributed by atoms with E-state index in [1.54, 1.807) is 0 Å². The molecular formula is C16H32N4O2. The number of likely N-dealkylation sites (N-methyl/N-ethyl adjacent to an activating group) is 1. The van der Waals surface area contributed by atoms with Crippen LogP contribution in [0.5, 0.6) is 0 Å². The van der Waals surface area contributed by atoms with E-state index in [0.717, 1.165) is 45.4 Å². The Hall–Kier alpha value is -0.850. The molecular weight excluding hydrogens is 280 g/mol. The van der Waals surface area contributed by atoms with E-state index in [1.165, 1.54) is 6.42 Å². The number of alkyl carbamates (subject to hydrolysis) is 1. The van der Waals surface area contributed by atoms with Gasteiger partial charge in [0.05, 0.1) is 0 Å². The van der Waals surface area contributed by atoms with E-state index in [0.29, 0.717) is 6.04 Å². The van der Waals surface area contributed by atoms with Gasteiger partial charge >= 0.3 is 6.09 Å². The number of rotatable bonds is 3. The normalized spacial score (nSPS) is 28.4. The Kier molecular flexibility index (Phi) is 6.06. The molecule has 0 aromatic heterocycles. The van der Waals surface area contributed by atoms with Crippen molar-refractivity contribution in [3.63, 3.8) is 0 Å². The van der Waals surface area contributed by atoms with Gasteiger partial charge in [0.2, 0.25) is 0 Å². The molecule has 6 heteroatoms. The van der Waals surface area contributed by atoms with Crippen molar-refractivity contribution in [1.82, 2.24) is 20.7 Å². The molecule has 128 valence electrons. The zero-order chi connectivity index (χ0) is 16.2. The average molecular weight is 312 g/mol. The molecule has 22 heavy (non-hydrogen) atoms. The summed E-state index contributed by atoms with van der Waals surface area (Å²) in [6, 6.07) is 0.672. The number of hydrogen-bond donors (Lipinski definition) is 2. The van der Waals surface area contributed by atoms with E-state index in [9.17, 15) is 4.79 Å². The number of carbonyl (C=O) groups excluding carboxylic acids is 1. The minimum absolute atomic E-state index is 0.216. The fourth-order valence-electron chi connectivity index (χ4n) is 3.11. The van der Waals surface area contributed by atoms with Crippen LogP contribution in [0.4, 0.5) is 4.79 Å². The van der Waals surface area contributed by atoms with Crippen molar-refractivity contribution in [3.8, 4) is 0 Å². The van der Waals surface area contributed by atoms with Crippen LogP contribution in [0.2, 0.25) is 0 Å². The standard InChI is InChI=1S/C16H32N4O2/c1-16(2,3)22-15(21)17-13-6-5-7-14(12-13)18-20-10-8-19(4)9-11-20/h13-14,18H,5-12H2,1-4H3,(H,17,21). The Bertz CT molecular complexity index is 362. The molecule has 2 rings (SSSR count). The maximum atomic E-state index is 11.9. The molecule has 1 saturated heterocycles. The topological polar surface area (TPSA) is 56.8 Å². The van der Waals surface area contributed by atoms with Gasteiger partial charge in [-0.15, -0.1) is 0 Å². The molecule has 2 aliphatic rings. The quantitative estimate of drug-likeness (QED) is 0.828. The summed E-state index contributed by atoms with van der Waals surface area (Å²) in [7, 11) is 2.17. The fourth-order valence-corrected chi connectivity index (χ4v) is 3.11. The third-order valence-electron chi connectivity index (χ3n) is 4.26. The Balaban J connectivity index is 1.73. The second-order valence-electron chi connectivity index (χ2n) is 7.63. The van der Waals surface area contributed by atoms with Gasteiger partial charge in [-0.2, -0.15) is 0 Å². The van der Waals surface area contributed by atoms with Gasteiger partial charge in [0.25, 0.3) is 0 Å². The predicted octanol–water partition coefficient (Wildman–Crippen LogP) is 1.57. The highest BCUT2D eigenvalue weighted by molar-refractivity contribution is 5.68. The fraction of sp³-hybridized carbons (Fsp3) is 0.938. The predicted molar refractivity (Wildman–Crippen MR) is 87.6 cm³/mol. The van der Waals surface area contributed by atoms with Gasteiger partial charge in [-0.05, 0) is 53.5 Å². The minimum Gasteiger partial charge on any atom is -0.444 e. The van der Waals surface area contributed by atoms with Gasteiger partial charge in [0, 0.05) is 38.3 Å². The van der Waals surface area contributed by atoms with Crippen LogP contribution < -0.4 is 10.7 Å². The van der Waals surface area contributed by atoms with Gasteiger partial charge in [-0.3, -0.25) is 5.43 Å². The lowest BCUT2D eigenvalue weighted by atomic mass is 9.91. The number of amides is 1. The van der Waals surface area contributed by atoms with E-state index >= 15 is 0 Å². The number of ether oxygens (including phenoxy) is 1. The Morgan fingerprint density at radius 2 is 1.73 bits per heavy atom. The van der Waals surface area contributed by atoms with Crippen molar-refractivity contribution >= 4 is 6.09 Å². The minimum atomic E-state index is -0.434. The summed E-state index contributed by atoms with van der Waals surface area (Å²) in [4.78, 5) is 14.2. The maximum absolute atomic E-state index is 11.9. The molecule has 1 saturated carbocycles. The van der Waals surface area contributed by atoms with Crippen molar-refractivity contribution in [2.45, 2.75) is 64.1 Å². The molecule has 2 fully saturated rings. The molecule has 2 unspecified atom stereocenters. The molecule has 2 N–H and O–H groups in total. The van der Waals surface area contributed by atoms with Crippen LogP contribution in [-0.4, -0.2) is 66.9 Å². The Morgan fingerprint density at radius 1 is 1.09 bits per heavy atom. The summed E-state index contributed by atoms with van der Waals surface area (Å²) in [5.74, 6) is 0. The smallest absolute Gasteiger partial charge is 0.407 e. The third kappa shape index (κ3) is 6.10. The summed E-state index contributed by atoms with van der Waals surface area (Å²) in [6.45, 7) is 10.0. The molecule has 0 bridgehead atoms. The van der Waals surface area contributed by atoms with Crippen molar-refractivity contribution in [2.24, 2.45) is 0 Å². The summed E-state index contributed by atoms with van der Waals surface area (Å²) in [5.41, 5.74) is 3.21. The zero-order valence-corrected chi connectivity index (χ0v) is 14.5. The van der Waals surface area contributed by atoms with Crippen LogP contribution in [-0.2, 0) is 4.74 Å². The van der Waals surface area contributed by atoms with Crippen LogP contribution in [0, 0.1) is 0 Å². The van der Waals surface area contributed by atoms with Crippen molar-refractivity contribution < 1.29 is 9.53 Å². The SMILES string of the molecule is CN1CCN(NC2CCCC(NC(=O)OC(C)(C)C)C2)CC1. The highest BCUT2D eigenvalue weighted by Gasteiger charge is 2.27. The highest BCUT2D eigenvalue weighted by Crippen LogP contribution is 2.20. The van der Waals surface area contributed by atoms with Gasteiger partial charge < -0.3 is 15.0 Å². The van der Waals surface area contributed by atoms with Crippen LogP contribution in [0.1, 0.15) is 46.5 Å². The van der Waals surface area contributed by atoms with E-state index in [2.05, 4.69) is 27.7 Å². The first-order chi connectivity index (χ1) is 10.3. The maximum Gasteiger partial charge on any atom is 0.407 e. The monoisotopic (exact) mass is 312 g/mol. The number of carbonyl (C=O) groups is 1. The molecule has 0 aromatic carbocycles. The summed E-state index contributed by atoms with van der Waals surface area (Å²) in [6.07, 6.45) is 4.05. The first-order valence-corrected chi connectivity index (χ1v) is 8.51. The Labute approximate surface area is 134 Å². The van der Waals surface area contributed by atoms with Crippen molar-refractivity contribution in [2.75, 3.05) is 33.2 Å². The van der Waals surface area contributed by atoms with Gasteiger partial charge in [0.1, 0.15) is 5.60 Å². The molecule has 6 nitrogen and oxygen atoms in total. The van der Waals surface area contributed by atoms with Crippen LogP contribution in [0.3, 0.4) is 0 Å². The molecule has 0 radical (unpaired) electrons. The van der Waals surface area contributed by atoms with Gasteiger partial charge in [-0.25, -0.2) is 9.80 Å². The second-order valence-corrected chi connectivity index (χ2v) is 7.63. The van der Waals surface area contributed by atoms with E-state index in [1.807, 2.05) is 20.8 Å². The third-order valence-corrected chi connectivity index (χ3v) is 4.26. The Morgan fingerprint density at radius 3 is 2.36 bits per heavy atom. The molecule has 0 aromatic rings. The second kappa shape index (κ2) is 7.62. The van der Waals surface area contributed by atoms with E-state index < -0.39 is 5.60 Å². The van der Waals surface area contributed by atoms with Crippen molar-refractivity contribution in [1.29, 1.82) is 0 Å². The first kappa shape index (κ1) is 17.5. The molecule has 1 heterocycles. The lowest BCUT2D eigenvalue weighted by Crippen LogP contribution is -2.55. The van der Waals surface area contributed by atoms with E-state index in [-0.39, 0.29) is 12.1 Å². The number of hydrazine groups is 1. The lowest BCUT2D eigenvalue weighted by molar-refractivity contribution is 0.0459. The van der Waals surface area contributed by atoms with Crippen LogP contribution in [0.15, 0.2) is 0 Å². The molecule has 2 atom stereocenters. The van der Waals surface area contributed by atoms with E-state index in [4.69, 9.17) is 4.74 Å². The largest absolute Gasteiger partial charge is 0.444 e. The molecule has 1 aliphatic carbocycles. The van der Waals surface area contributed by atoms with Gasteiger partial charge in [-0.1, -0.05) is 0 Å². The number of nitrogens with one attached hydrogen (secondary N) is 2. The number of hydrogen-bond acceptors (Lipinski definition) is 5. The first-order valence-electron chi connectivity index (χ1n) is 8.51. The number of piperazine rings is 1. The zero-order valence-electron chi connectivity index (χ0n) is 14.5. The van der Waals surface area contributed by atoms with Crippen LogP contribution >= 0.6 is 0 Å². The molecule has 1 amide bonds.